The van der Waals surface area contributed by atoms with E-state index in [2.05, 4.69) is 17.1 Å². The van der Waals surface area contributed by atoms with Crippen LogP contribution in [0.4, 0.5) is 0 Å². The molecule has 2 aromatic carbocycles. The maximum atomic E-state index is 9.80. The molecule has 0 saturated carbocycles. The van der Waals surface area contributed by atoms with Gasteiger partial charge in [0.1, 0.15) is 0 Å². The van der Waals surface area contributed by atoms with E-state index < -0.39 is 0 Å². The Balaban J connectivity index is 1.53. The predicted octanol–water partition coefficient (Wildman–Crippen LogP) is 2.95. The van der Waals surface area contributed by atoms with Crippen LogP contribution < -0.4 is 23.7 Å². The van der Waals surface area contributed by atoms with Crippen molar-refractivity contribution in [2.24, 2.45) is 5.16 Å². The number of methoxy groups -OCH3 is 1. The van der Waals surface area contributed by atoms with Crippen molar-refractivity contribution in [3.05, 3.63) is 41.0 Å². The van der Waals surface area contributed by atoms with Gasteiger partial charge in [-0.25, -0.2) is 0 Å². The van der Waals surface area contributed by atoms with Gasteiger partial charge in [-0.15, -0.1) is 0 Å². The topological polar surface area (TPSA) is 82.0 Å². The van der Waals surface area contributed by atoms with Crippen molar-refractivity contribution in [1.29, 1.82) is 0 Å². The molecule has 2 aromatic rings. The van der Waals surface area contributed by atoms with Crippen LogP contribution in [0.25, 0.3) is 0 Å². The number of likely N-dealkylation sites (N-methyl/N-ethyl adjacent to an activating group) is 1. The predicted molar refractivity (Wildman–Crippen MR) is 104 cm³/mol. The summed E-state index contributed by atoms with van der Waals surface area (Å²) in [4.78, 5) is 2.24. The van der Waals surface area contributed by atoms with Gasteiger partial charge < -0.3 is 28.9 Å². The van der Waals surface area contributed by atoms with Crippen LogP contribution in [0.1, 0.15) is 29.2 Å². The Bertz CT molecular complexity index is 990. The van der Waals surface area contributed by atoms with E-state index in [1.165, 1.54) is 0 Å². The third-order valence-corrected chi connectivity index (χ3v) is 5.76. The lowest BCUT2D eigenvalue weighted by atomic mass is 9.87. The Morgan fingerprint density at radius 1 is 1.14 bits per heavy atom. The highest BCUT2D eigenvalue weighted by Crippen LogP contribution is 2.50. The molecule has 0 saturated heterocycles. The van der Waals surface area contributed by atoms with Crippen LogP contribution in [0.3, 0.4) is 0 Å². The van der Waals surface area contributed by atoms with Crippen LogP contribution in [-0.4, -0.2) is 50.1 Å². The summed E-state index contributed by atoms with van der Waals surface area (Å²) in [5.41, 5.74) is 3.56. The molecule has 0 radical (unpaired) electrons. The summed E-state index contributed by atoms with van der Waals surface area (Å²) in [7, 11) is 3.70. The van der Waals surface area contributed by atoms with Crippen molar-refractivity contribution < 1.29 is 28.9 Å². The summed E-state index contributed by atoms with van der Waals surface area (Å²) < 4.78 is 27.8. The van der Waals surface area contributed by atoms with Crippen LogP contribution in [-0.2, 0) is 6.42 Å². The Morgan fingerprint density at radius 3 is 2.76 bits per heavy atom. The molecule has 29 heavy (non-hydrogen) atoms. The minimum Gasteiger partial charge on any atom is -0.492 e. The summed E-state index contributed by atoms with van der Waals surface area (Å²) in [6.07, 6.45) is 1.38. The number of fused-ring (bicyclic) bond motifs is 3. The van der Waals surface area contributed by atoms with E-state index >= 15 is 0 Å². The van der Waals surface area contributed by atoms with Gasteiger partial charge in [0.25, 0.3) is 0 Å². The summed E-state index contributed by atoms with van der Waals surface area (Å²) in [6.45, 7) is 1.27. The number of rotatable bonds is 4. The molecule has 0 bridgehead atoms. The molecular weight excluding hydrogens is 376 g/mol. The fourth-order valence-corrected chi connectivity index (χ4v) is 4.26. The van der Waals surface area contributed by atoms with Gasteiger partial charge in [0.05, 0.1) is 12.8 Å². The Labute approximate surface area is 168 Å². The number of oxime groups is 1. The monoisotopic (exact) mass is 398 g/mol. The van der Waals surface area contributed by atoms with E-state index in [0.717, 1.165) is 35.4 Å². The number of benzene rings is 2. The standard InChI is InChI=1S/C21H22N2O6/c1-23-6-5-13-8-18-20(29-11-28-18)21(25-2)19(13)15(23)9-14(22-24)12-3-4-16-17(7-12)27-10-26-16/h3-4,7-8,15,24H,5-6,9-11H2,1-2H3/t15-/m0/s1. The average molecular weight is 398 g/mol. The zero-order valence-electron chi connectivity index (χ0n) is 16.3. The van der Waals surface area contributed by atoms with Gasteiger partial charge >= 0.3 is 0 Å². The lowest BCUT2D eigenvalue weighted by molar-refractivity contribution is 0.170. The molecule has 0 spiro atoms. The first-order valence-corrected chi connectivity index (χ1v) is 9.50. The first-order chi connectivity index (χ1) is 14.2. The minimum atomic E-state index is -0.0421. The van der Waals surface area contributed by atoms with Gasteiger partial charge in [-0.2, -0.15) is 0 Å². The Hall–Kier alpha value is -3.13. The maximum absolute atomic E-state index is 9.80. The van der Waals surface area contributed by atoms with Gasteiger partial charge in [0, 0.05) is 30.1 Å². The van der Waals surface area contributed by atoms with E-state index in [4.69, 9.17) is 23.7 Å². The van der Waals surface area contributed by atoms with Crippen LogP contribution in [0, 0.1) is 0 Å². The fraction of sp³-hybridized carbons (Fsp3) is 0.381. The lowest BCUT2D eigenvalue weighted by Gasteiger charge is -2.36. The van der Waals surface area contributed by atoms with Crippen molar-refractivity contribution in [1.82, 2.24) is 4.90 Å². The van der Waals surface area contributed by atoms with Gasteiger partial charge in [-0.1, -0.05) is 5.16 Å². The average Bonchev–Trinajstić information content (AvgIpc) is 3.40. The molecule has 0 aliphatic carbocycles. The number of ether oxygens (including phenoxy) is 5. The molecule has 1 N–H and O–H groups in total. The summed E-state index contributed by atoms with van der Waals surface area (Å²) in [5, 5.41) is 13.4. The highest BCUT2D eigenvalue weighted by Gasteiger charge is 2.35. The van der Waals surface area contributed by atoms with Crippen molar-refractivity contribution in [2.45, 2.75) is 18.9 Å². The van der Waals surface area contributed by atoms with E-state index in [9.17, 15) is 5.21 Å². The third-order valence-electron chi connectivity index (χ3n) is 5.76. The molecule has 1 atom stereocenters. The molecule has 0 fully saturated rings. The zero-order chi connectivity index (χ0) is 20.0. The number of nitrogens with zero attached hydrogens (tertiary/aromatic N) is 2. The molecule has 3 aliphatic rings. The fourth-order valence-electron chi connectivity index (χ4n) is 4.26. The molecule has 8 heteroatoms. The lowest BCUT2D eigenvalue weighted by Crippen LogP contribution is -2.34. The van der Waals surface area contributed by atoms with Gasteiger partial charge in [0.15, 0.2) is 23.0 Å². The summed E-state index contributed by atoms with van der Waals surface area (Å²) in [5.74, 6) is 3.39. The third kappa shape index (κ3) is 2.91. The quantitative estimate of drug-likeness (QED) is 0.482. The largest absolute Gasteiger partial charge is 0.492 e. The smallest absolute Gasteiger partial charge is 0.231 e. The SMILES string of the molecule is COc1c2c(cc3c1[C@H](CC(=NO)c1ccc4c(c1)OCO4)N(C)CC3)OCO2. The van der Waals surface area contributed by atoms with Crippen LogP contribution in [0.2, 0.25) is 0 Å². The zero-order valence-corrected chi connectivity index (χ0v) is 16.3. The maximum Gasteiger partial charge on any atom is 0.231 e. The molecule has 5 rings (SSSR count). The molecule has 3 heterocycles. The molecule has 0 aromatic heterocycles. The Morgan fingerprint density at radius 2 is 1.93 bits per heavy atom. The molecule has 152 valence electrons. The van der Waals surface area contributed by atoms with E-state index in [1.54, 1.807) is 7.11 Å². The first-order valence-electron chi connectivity index (χ1n) is 9.50. The van der Waals surface area contributed by atoms with Crippen LogP contribution >= 0.6 is 0 Å². The Kier molecular flexibility index (Phi) is 4.35. The number of hydrogen-bond acceptors (Lipinski definition) is 8. The second kappa shape index (κ2) is 7.04. The normalized spacial score (nSPS) is 19.9. The molecule has 3 aliphatic heterocycles. The number of hydrogen-bond donors (Lipinski definition) is 1. The molecular formula is C21H22N2O6. The van der Waals surface area contributed by atoms with Crippen molar-refractivity contribution >= 4 is 5.71 Å². The van der Waals surface area contributed by atoms with Crippen LogP contribution in [0.5, 0.6) is 28.7 Å². The highest BCUT2D eigenvalue weighted by molar-refractivity contribution is 6.01. The molecule has 0 unspecified atom stereocenters. The van der Waals surface area contributed by atoms with E-state index in [1.807, 2.05) is 24.3 Å². The van der Waals surface area contributed by atoms with E-state index in [0.29, 0.717) is 35.1 Å². The summed E-state index contributed by atoms with van der Waals surface area (Å²) >= 11 is 0. The highest BCUT2D eigenvalue weighted by atomic mass is 16.7. The van der Waals surface area contributed by atoms with Crippen LogP contribution in [0.15, 0.2) is 29.4 Å². The first kappa shape index (κ1) is 17.9. The van der Waals surface area contributed by atoms with Gasteiger partial charge in [-0.05, 0) is 43.3 Å². The van der Waals surface area contributed by atoms with E-state index in [-0.39, 0.29) is 19.6 Å². The minimum absolute atomic E-state index is 0.0421. The molecule has 8 nitrogen and oxygen atoms in total. The van der Waals surface area contributed by atoms with Crippen molar-refractivity contribution in [3.63, 3.8) is 0 Å². The molecule has 0 amide bonds. The summed E-state index contributed by atoms with van der Waals surface area (Å²) in [6, 6.07) is 7.55. The second-order valence-corrected chi connectivity index (χ2v) is 7.28. The van der Waals surface area contributed by atoms with Gasteiger partial charge in [-0.3, -0.25) is 4.90 Å². The second-order valence-electron chi connectivity index (χ2n) is 7.28. The van der Waals surface area contributed by atoms with Crippen molar-refractivity contribution in [2.75, 3.05) is 34.3 Å². The van der Waals surface area contributed by atoms with Crippen molar-refractivity contribution in [3.8, 4) is 28.7 Å². The van der Waals surface area contributed by atoms with Gasteiger partial charge in [0.2, 0.25) is 19.3 Å².